The molecule has 0 bridgehead atoms. The third kappa shape index (κ3) is 2.68. The second kappa shape index (κ2) is 5.34. The van der Waals surface area contributed by atoms with Crippen LogP contribution in [-0.4, -0.2) is 13.7 Å². The van der Waals surface area contributed by atoms with E-state index in [9.17, 15) is 0 Å². The first-order chi connectivity index (χ1) is 8.22. The Balaban J connectivity index is 2.15. The van der Waals surface area contributed by atoms with E-state index < -0.39 is 0 Å². The van der Waals surface area contributed by atoms with Gasteiger partial charge in [0.25, 0.3) is 0 Å². The highest BCUT2D eigenvalue weighted by Crippen LogP contribution is 2.27. The molecular weight excluding hydrogens is 214 g/mol. The number of fused-ring (bicyclic) bond motifs is 1. The van der Waals surface area contributed by atoms with Gasteiger partial charge in [-0.1, -0.05) is 25.1 Å². The molecule has 1 aromatic carbocycles. The molecule has 0 aliphatic heterocycles. The van der Waals surface area contributed by atoms with Crippen molar-refractivity contribution in [2.24, 2.45) is 11.7 Å². The lowest BCUT2D eigenvalue weighted by Gasteiger charge is -2.17. The fourth-order valence-corrected chi connectivity index (χ4v) is 1.93. The number of nitrogens with two attached hydrogens (primary N) is 1. The Labute approximate surface area is 102 Å². The molecule has 0 saturated heterocycles. The normalized spacial score (nSPS) is 15.0. The maximum atomic E-state index is 6.19. The van der Waals surface area contributed by atoms with Crippen molar-refractivity contribution >= 4 is 11.0 Å². The average molecular weight is 233 g/mol. The van der Waals surface area contributed by atoms with Crippen LogP contribution < -0.4 is 5.73 Å². The van der Waals surface area contributed by atoms with Crippen LogP contribution in [0.2, 0.25) is 0 Å². The van der Waals surface area contributed by atoms with Gasteiger partial charge >= 0.3 is 0 Å². The zero-order chi connectivity index (χ0) is 12.3. The summed E-state index contributed by atoms with van der Waals surface area (Å²) in [6, 6.07) is 9.93. The molecule has 0 fully saturated rings. The largest absolute Gasteiger partial charge is 0.459 e. The molecule has 0 aliphatic carbocycles. The smallest absolute Gasteiger partial charge is 0.134 e. The van der Waals surface area contributed by atoms with Crippen LogP contribution in [-0.2, 0) is 4.74 Å². The van der Waals surface area contributed by atoms with Gasteiger partial charge < -0.3 is 14.9 Å². The van der Waals surface area contributed by atoms with Crippen LogP contribution >= 0.6 is 0 Å². The summed E-state index contributed by atoms with van der Waals surface area (Å²) < 4.78 is 10.8. The lowest BCUT2D eigenvalue weighted by Crippen LogP contribution is -2.19. The van der Waals surface area contributed by atoms with Crippen LogP contribution in [0.1, 0.15) is 25.1 Å². The minimum absolute atomic E-state index is 0.0717. The first kappa shape index (κ1) is 12.1. The summed E-state index contributed by atoms with van der Waals surface area (Å²) in [5.74, 6) is 1.20. The monoisotopic (exact) mass is 233 g/mol. The SMILES string of the molecule is COCCC(C)C(N)c1cc2ccccc2o1. The first-order valence-corrected chi connectivity index (χ1v) is 5.95. The minimum Gasteiger partial charge on any atom is -0.459 e. The Morgan fingerprint density at radius 2 is 2.12 bits per heavy atom. The Hall–Kier alpha value is -1.32. The van der Waals surface area contributed by atoms with Crippen LogP contribution in [0.5, 0.6) is 0 Å². The van der Waals surface area contributed by atoms with E-state index in [0.717, 1.165) is 29.8 Å². The lowest BCUT2D eigenvalue weighted by molar-refractivity contribution is 0.172. The Kier molecular flexibility index (Phi) is 3.82. The van der Waals surface area contributed by atoms with Crippen molar-refractivity contribution < 1.29 is 9.15 Å². The zero-order valence-corrected chi connectivity index (χ0v) is 10.3. The van der Waals surface area contributed by atoms with Crippen molar-refractivity contribution in [3.63, 3.8) is 0 Å². The van der Waals surface area contributed by atoms with Gasteiger partial charge in [-0.05, 0) is 24.5 Å². The molecule has 2 unspecified atom stereocenters. The quantitative estimate of drug-likeness (QED) is 0.863. The molecule has 0 saturated carbocycles. The predicted molar refractivity (Wildman–Crippen MR) is 68.8 cm³/mol. The van der Waals surface area contributed by atoms with Crippen molar-refractivity contribution in [1.82, 2.24) is 0 Å². The molecule has 3 heteroatoms. The average Bonchev–Trinajstić information content (AvgIpc) is 2.78. The number of hydrogen-bond donors (Lipinski definition) is 1. The summed E-state index contributed by atoms with van der Waals surface area (Å²) in [6.07, 6.45) is 0.939. The van der Waals surface area contributed by atoms with E-state index in [1.54, 1.807) is 7.11 Å². The van der Waals surface area contributed by atoms with Gasteiger partial charge in [-0.25, -0.2) is 0 Å². The second-order valence-electron chi connectivity index (χ2n) is 4.47. The van der Waals surface area contributed by atoms with E-state index in [0.29, 0.717) is 5.92 Å². The summed E-state index contributed by atoms with van der Waals surface area (Å²) in [7, 11) is 1.71. The molecule has 0 aliphatic rings. The molecule has 3 nitrogen and oxygen atoms in total. The van der Waals surface area contributed by atoms with Crippen LogP contribution in [0, 0.1) is 5.92 Å². The fourth-order valence-electron chi connectivity index (χ4n) is 1.93. The topological polar surface area (TPSA) is 48.4 Å². The summed E-state index contributed by atoms with van der Waals surface area (Å²) in [6.45, 7) is 2.85. The Morgan fingerprint density at radius 1 is 1.35 bits per heavy atom. The maximum absolute atomic E-state index is 6.19. The highest BCUT2D eigenvalue weighted by molar-refractivity contribution is 5.77. The van der Waals surface area contributed by atoms with Gasteiger partial charge in [-0.2, -0.15) is 0 Å². The molecule has 0 spiro atoms. The van der Waals surface area contributed by atoms with Crippen LogP contribution in [0.15, 0.2) is 34.7 Å². The van der Waals surface area contributed by atoms with Gasteiger partial charge in [-0.3, -0.25) is 0 Å². The van der Waals surface area contributed by atoms with Crippen molar-refractivity contribution in [2.45, 2.75) is 19.4 Å². The summed E-state index contributed by atoms with van der Waals surface area (Å²) in [5, 5.41) is 1.11. The maximum Gasteiger partial charge on any atom is 0.134 e. The van der Waals surface area contributed by atoms with Crippen LogP contribution in [0.25, 0.3) is 11.0 Å². The van der Waals surface area contributed by atoms with Gasteiger partial charge in [0.05, 0.1) is 6.04 Å². The number of benzene rings is 1. The van der Waals surface area contributed by atoms with E-state index >= 15 is 0 Å². The molecule has 2 aromatic rings. The first-order valence-electron chi connectivity index (χ1n) is 5.95. The highest BCUT2D eigenvalue weighted by atomic mass is 16.5. The molecular formula is C14H19NO2. The van der Waals surface area contributed by atoms with Crippen molar-refractivity contribution in [1.29, 1.82) is 0 Å². The number of rotatable bonds is 5. The molecule has 0 radical (unpaired) electrons. The van der Waals surface area contributed by atoms with E-state index in [1.165, 1.54) is 0 Å². The lowest BCUT2D eigenvalue weighted by atomic mass is 9.97. The molecule has 0 amide bonds. The molecule has 1 aromatic heterocycles. The van der Waals surface area contributed by atoms with Gasteiger partial charge in [0, 0.05) is 19.1 Å². The van der Waals surface area contributed by atoms with Crippen molar-refractivity contribution in [3.05, 3.63) is 36.1 Å². The zero-order valence-electron chi connectivity index (χ0n) is 10.3. The Bertz CT molecular complexity index is 445. The van der Waals surface area contributed by atoms with Gasteiger partial charge in [0.15, 0.2) is 0 Å². The third-order valence-corrected chi connectivity index (χ3v) is 3.16. The van der Waals surface area contributed by atoms with Gasteiger partial charge in [-0.15, -0.1) is 0 Å². The molecule has 1 heterocycles. The minimum atomic E-state index is -0.0717. The summed E-state index contributed by atoms with van der Waals surface area (Å²) in [4.78, 5) is 0. The number of furan rings is 1. The Morgan fingerprint density at radius 3 is 2.82 bits per heavy atom. The van der Waals surface area contributed by atoms with E-state index in [1.807, 2.05) is 30.3 Å². The molecule has 2 atom stereocenters. The molecule has 2 N–H and O–H groups in total. The number of methoxy groups -OCH3 is 1. The van der Waals surface area contributed by atoms with Crippen LogP contribution in [0.4, 0.5) is 0 Å². The van der Waals surface area contributed by atoms with Crippen LogP contribution in [0.3, 0.4) is 0 Å². The highest BCUT2D eigenvalue weighted by Gasteiger charge is 2.18. The standard InChI is InChI=1S/C14H19NO2/c1-10(7-8-16-2)14(15)13-9-11-5-3-4-6-12(11)17-13/h3-6,9-10,14H,7-8,15H2,1-2H3. The third-order valence-electron chi connectivity index (χ3n) is 3.16. The number of ether oxygens (including phenoxy) is 1. The molecule has 2 rings (SSSR count). The number of para-hydroxylation sites is 1. The van der Waals surface area contributed by atoms with Crippen molar-refractivity contribution in [3.8, 4) is 0 Å². The van der Waals surface area contributed by atoms with E-state index in [2.05, 4.69) is 6.92 Å². The molecule has 17 heavy (non-hydrogen) atoms. The second-order valence-corrected chi connectivity index (χ2v) is 4.47. The van der Waals surface area contributed by atoms with Gasteiger partial charge in [0.1, 0.15) is 11.3 Å². The summed E-state index contributed by atoms with van der Waals surface area (Å²) in [5.41, 5.74) is 7.09. The fraction of sp³-hybridized carbons (Fsp3) is 0.429. The van der Waals surface area contributed by atoms with E-state index in [-0.39, 0.29) is 6.04 Å². The predicted octanol–water partition coefficient (Wildman–Crippen LogP) is 3.11. The van der Waals surface area contributed by atoms with Gasteiger partial charge in [0.2, 0.25) is 0 Å². The number of hydrogen-bond acceptors (Lipinski definition) is 3. The summed E-state index contributed by atoms with van der Waals surface area (Å²) >= 11 is 0. The molecule has 92 valence electrons. The van der Waals surface area contributed by atoms with E-state index in [4.69, 9.17) is 14.9 Å². The van der Waals surface area contributed by atoms with Crippen molar-refractivity contribution in [2.75, 3.05) is 13.7 Å².